The monoisotopic (exact) mass is 441 g/mol. The van der Waals surface area contributed by atoms with E-state index in [9.17, 15) is 4.79 Å². The van der Waals surface area contributed by atoms with E-state index in [1.165, 1.54) is 6.08 Å². The minimum atomic E-state index is -0.224. The maximum Gasteiger partial charge on any atom is 0.208 e. The number of nitrogens with zero attached hydrogens (tertiary/aromatic N) is 3. The summed E-state index contributed by atoms with van der Waals surface area (Å²) in [6.45, 7) is 3.84. The molecule has 28 heavy (non-hydrogen) atoms. The fourth-order valence-corrected chi connectivity index (χ4v) is 3.18. The second-order valence-corrected chi connectivity index (χ2v) is 7.05. The van der Waals surface area contributed by atoms with Crippen LogP contribution in [0.4, 0.5) is 0 Å². The van der Waals surface area contributed by atoms with Crippen molar-refractivity contribution in [2.45, 2.75) is 13.8 Å². The third-order valence-corrected chi connectivity index (χ3v) is 5.01. The molecule has 1 aromatic heterocycles. The summed E-state index contributed by atoms with van der Waals surface area (Å²) in [6, 6.07) is 11.5. The molecule has 0 aliphatic rings. The SMILES string of the molecule is COc1cc(Br)c(/C=C/C(=O)c2nnn(-c3ccc(C)cc3)c2C)cc1OC. The Labute approximate surface area is 171 Å². The molecular formula is C21H20BrN3O3. The van der Waals surface area contributed by atoms with Crippen LogP contribution in [0.25, 0.3) is 11.8 Å². The molecule has 0 unspecified atom stereocenters. The molecule has 0 aliphatic carbocycles. The molecule has 3 rings (SSSR count). The standard InChI is InChI=1S/C21H20BrN3O3/c1-13-5-8-16(9-6-13)25-14(2)21(23-24-25)18(26)10-7-15-11-19(27-3)20(28-4)12-17(15)22/h5-12H,1-4H3/b10-7+. The summed E-state index contributed by atoms with van der Waals surface area (Å²) in [6.07, 6.45) is 3.18. The van der Waals surface area contributed by atoms with E-state index >= 15 is 0 Å². The van der Waals surface area contributed by atoms with E-state index in [-0.39, 0.29) is 5.78 Å². The Bertz CT molecular complexity index is 1040. The number of carbonyl (C=O) groups excluding carboxylic acids is 1. The summed E-state index contributed by atoms with van der Waals surface area (Å²) in [5.74, 6) is 0.964. The van der Waals surface area contributed by atoms with Crippen LogP contribution in [0.1, 0.15) is 27.3 Å². The van der Waals surface area contributed by atoms with Gasteiger partial charge in [-0.1, -0.05) is 38.8 Å². The highest BCUT2D eigenvalue weighted by atomic mass is 79.9. The third kappa shape index (κ3) is 3.99. The smallest absolute Gasteiger partial charge is 0.208 e. The Balaban J connectivity index is 1.87. The maximum atomic E-state index is 12.7. The number of hydrogen-bond donors (Lipinski definition) is 0. The van der Waals surface area contributed by atoms with E-state index in [4.69, 9.17) is 9.47 Å². The normalized spacial score (nSPS) is 11.0. The minimum Gasteiger partial charge on any atom is -0.493 e. The fourth-order valence-electron chi connectivity index (χ4n) is 2.73. The van der Waals surface area contributed by atoms with Crippen LogP contribution in [0.15, 0.2) is 46.9 Å². The van der Waals surface area contributed by atoms with Gasteiger partial charge in [-0.25, -0.2) is 4.68 Å². The van der Waals surface area contributed by atoms with Crippen LogP contribution in [0.2, 0.25) is 0 Å². The predicted octanol–water partition coefficient (Wildman–Crippen LogP) is 4.56. The minimum absolute atomic E-state index is 0.224. The van der Waals surface area contributed by atoms with Crippen molar-refractivity contribution in [1.29, 1.82) is 0 Å². The molecule has 0 atom stereocenters. The highest BCUT2D eigenvalue weighted by molar-refractivity contribution is 9.10. The number of aryl methyl sites for hydroxylation is 1. The molecule has 0 spiro atoms. The molecule has 0 radical (unpaired) electrons. The van der Waals surface area contributed by atoms with Gasteiger partial charge >= 0.3 is 0 Å². The Morgan fingerprint density at radius 1 is 1.07 bits per heavy atom. The summed E-state index contributed by atoms with van der Waals surface area (Å²) in [5.41, 5.74) is 3.80. The fraction of sp³-hybridized carbons (Fsp3) is 0.190. The molecule has 6 nitrogen and oxygen atoms in total. The largest absolute Gasteiger partial charge is 0.493 e. The first-order valence-electron chi connectivity index (χ1n) is 8.58. The predicted molar refractivity (Wildman–Crippen MR) is 111 cm³/mol. The molecule has 0 bridgehead atoms. The number of carbonyl (C=O) groups is 1. The van der Waals surface area contributed by atoms with Gasteiger partial charge in [0.05, 0.1) is 25.6 Å². The summed E-state index contributed by atoms with van der Waals surface area (Å²) in [7, 11) is 3.14. The molecule has 2 aromatic carbocycles. The van der Waals surface area contributed by atoms with Crippen molar-refractivity contribution in [2.75, 3.05) is 14.2 Å². The van der Waals surface area contributed by atoms with Crippen molar-refractivity contribution in [3.8, 4) is 17.2 Å². The lowest BCUT2D eigenvalue weighted by Gasteiger charge is -2.09. The summed E-state index contributed by atoms with van der Waals surface area (Å²) in [4.78, 5) is 12.7. The van der Waals surface area contributed by atoms with Crippen LogP contribution in [-0.2, 0) is 0 Å². The van der Waals surface area contributed by atoms with Gasteiger partial charge in [-0.2, -0.15) is 0 Å². The van der Waals surface area contributed by atoms with E-state index < -0.39 is 0 Å². The molecular weight excluding hydrogens is 422 g/mol. The van der Waals surface area contributed by atoms with E-state index in [0.29, 0.717) is 22.9 Å². The molecule has 144 valence electrons. The Morgan fingerprint density at radius 2 is 1.71 bits per heavy atom. The van der Waals surface area contributed by atoms with Crippen LogP contribution in [0.5, 0.6) is 11.5 Å². The van der Waals surface area contributed by atoms with Crippen LogP contribution in [0.3, 0.4) is 0 Å². The van der Waals surface area contributed by atoms with Gasteiger partial charge in [-0.05, 0) is 55.8 Å². The highest BCUT2D eigenvalue weighted by Gasteiger charge is 2.15. The van der Waals surface area contributed by atoms with Crippen molar-refractivity contribution < 1.29 is 14.3 Å². The number of benzene rings is 2. The summed E-state index contributed by atoms with van der Waals surface area (Å²) in [5, 5.41) is 8.19. The Hall–Kier alpha value is -2.93. The summed E-state index contributed by atoms with van der Waals surface area (Å²) >= 11 is 3.48. The lowest BCUT2D eigenvalue weighted by molar-refractivity contribution is 0.104. The van der Waals surface area contributed by atoms with Crippen molar-refractivity contribution in [3.05, 3.63) is 69.5 Å². The van der Waals surface area contributed by atoms with Gasteiger partial charge in [0.1, 0.15) is 0 Å². The lowest BCUT2D eigenvalue weighted by atomic mass is 10.1. The zero-order valence-electron chi connectivity index (χ0n) is 16.1. The first-order valence-corrected chi connectivity index (χ1v) is 9.37. The first-order chi connectivity index (χ1) is 13.4. The summed E-state index contributed by atoms with van der Waals surface area (Å²) < 4.78 is 13.0. The number of aromatic nitrogens is 3. The van der Waals surface area contributed by atoms with Gasteiger partial charge in [-0.3, -0.25) is 4.79 Å². The molecule has 0 fully saturated rings. The number of allylic oxidation sites excluding steroid dienone is 1. The molecule has 7 heteroatoms. The van der Waals surface area contributed by atoms with Gasteiger partial charge in [0, 0.05) is 4.47 Å². The number of rotatable bonds is 6. The quantitative estimate of drug-likeness (QED) is 0.414. The van der Waals surface area contributed by atoms with Crippen molar-refractivity contribution in [2.24, 2.45) is 0 Å². The van der Waals surface area contributed by atoms with Crippen LogP contribution in [0, 0.1) is 13.8 Å². The molecule has 0 saturated carbocycles. The van der Waals surface area contributed by atoms with Gasteiger partial charge < -0.3 is 9.47 Å². The maximum absolute atomic E-state index is 12.7. The number of ether oxygens (including phenoxy) is 2. The molecule has 1 heterocycles. The zero-order valence-corrected chi connectivity index (χ0v) is 17.6. The number of hydrogen-bond acceptors (Lipinski definition) is 5. The van der Waals surface area contributed by atoms with Gasteiger partial charge in [0.25, 0.3) is 0 Å². The van der Waals surface area contributed by atoms with Crippen LogP contribution >= 0.6 is 15.9 Å². The van der Waals surface area contributed by atoms with Gasteiger partial charge in [0.15, 0.2) is 17.2 Å². The van der Waals surface area contributed by atoms with E-state index in [2.05, 4.69) is 26.2 Å². The second-order valence-electron chi connectivity index (χ2n) is 6.20. The topological polar surface area (TPSA) is 66.2 Å². The number of methoxy groups -OCH3 is 2. The van der Waals surface area contributed by atoms with Crippen LogP contribution < -0.4 is 9.47 Å². The zero-order chi connectivity index (χ0) is 20.3. The van der Waals surface area contributed by atoms with E-state index in [0.717, 1.165) is 21.3 Å². The van der Waals surface area contributed by atoms with Gasteiger partial charge in [-0.15, -0.1) is 5.10 Å². The van der Waals surface area contributed by atoms with Crippen LogP contribution in [-0.4, -0.2) is 35.0 Å². The van der Waals surface area contributed by atoms with E-state index in [1.807, 2.05) is 38.1 Å². The Morgan fingerprint density at radius 3 is 2.36 bits per heavy atom. The van der Waals surface area contributed by atoms with Gasteiger partial charge in [0.2, 0.25) is 5.78 Å². The van der Waals surface area contributed by atoms with Crippen molar-refractivity contribution in [3.63, 3.8) is 0 Å². The average molecular weight is 442 g/mol. The second kappa shape index (κ2) is 8.39. The molecule has 0 saturated heterocycles. The highest BCUT2D eigenvalue weighted by Crippen LogP contribution is 2.34. The number of ketones is 1. The van der Waals surface area contributed by atoms with E-state index in [1.54, 1.807) is 37.1 Å². The van der Waals surface area contributed by atoms with Crippen molar-refractivity contribution in [1.82, 2.24) is 15.0 Å². The molecule has 3 aromatic rings. The molecule has 0 amide bonds. The average Bonchev–Trinajstić information content (AvgIpc) is 3.08. The lowest BCUT2D eigenvalue weighted by Crippen LogP contribution is -2.02. The molecule has 0 N–H and O–H groups in total. The van der Waals surface area contributed by atoms with Crippen molar-refractivity contribution >= 4 is 27.8 Å². The molecule has 0 aliphatic heterocycles. The third-order valence-electron chi connectivity index (χ3n) is 4.32. The Kier molecular flexibility index (Phi) is 5.94. The first kappa shape index (κ1) is 19.8. The number of halogens is 1.